The number of rotatable bonds is 6. The maximum atomic E-state index is 4.27. The quantitative estimate of drug-likeness (QED) is 0.875. The highest BCUT2D eigenvalue weighted by molar-refractivity contribution is 5.27. The molecule has 0 radical (unpaired) electrons. The lowest BCUT2D eigenvalue weighted by molar-refractivity contribution is 0.526. The van der Waals surface area contributed by atoms with Crippen molar-refractivity contribution in [2.24, 2.45) is 7.05 Å². The Hall–Kier alpha value is -1.61. The molecule has 108 valence electrons. The number of aromatic nitrogens is 2. The molecule has 3 heteroatoms. The smallest absolute Gasteiger partial charge is 0.0521 e. The lowest BCUT2D eigenvalue weighted by Gasteiger charge is -2.19. The van der Waals surface area contributed by atoms with Crippen LogP contribution in [0.1, 0.15) is 36.5 Å². The number of nitrogens with zero attached hydrogens (tertiary/aromatic N) is 2. The van der Waals surface area contributed by atoms with Gasteiger partial charge < -0.3 is 5.32 Å². The van der Waals surface area contributed by atoms with Gasteiger partial charge in [0.1, 0.15) is 0 Å². The summed E-state index contributed by atoms with van der Waals surface area (Å²) in [5, 5.41) is 7.84. The molecule has 3 nitrogen and oxygen atoms in total. The van der Waals surface area contributed by atoms with E-state index in [1.54, 1.807) is 0 Å². The summed E-state index contributed by atoms with van der Waals surface area (Å²) in [5.74, 6) is 0.487. The predicted octanol–water partition coefficient (Wildman–Crippen LogP) is 3.05. The lowest BCUT2D eigenvalue weighted by atomic mass is 9.92. The van der Waals surface area contributed by atoms with Gasteiger partial charge in [0.25, 0.3) is 0 Å². The maximum absolute atomic E-state index is 4.27. The number of aryl methyl sites for hydroxylation is 2. The third-order valence-corrected chi connectivity index (χ3v) is 3.53. The molecule has 1 N–H and O–H groups in total. The summed E-state index contributed by atoms with van der Waals surface area (Å²) in [6.07, 6.45) is 5.10. The first-order chi connectivity index (χ1) is 9.54. The molecule has 0 spiro atoms. The van der Waals surface area contributed by atoms with E-state index in [1.807, 2.05) is 17.9 Å². The van der Waals surface area contributed by atoms with Crippen LogP contribution in [0, 0.1) is 6.92 Å². The number of benzene rings is 1. The molecule has 1 aromatic carbocycles. The minimum Gasteiger partial charge on any atom is -0.314 e. The van der Waals surface area contributed by atoms with E-state index >= 15 is 0 Å². The topological polar surface area (TPSA) is 29.9 Å². The van der Waals surface area contributed by atoms with Gasteiger partial charge in [0, 0.05) is 31.7 Å². The molecule has 2 aromatic rings. The zero-order valence-electron chi connectivity index (χ0n) is 12.9. The van der Waals surface area contributed by atoms with Crippen LogP contribution in [0.4, 0.5) is 0 Å². The van der Waals surface area contributed by atoms with Crippen LogP contribution in [0.2, 0.25) is 0 Å². The van der Waals surface area contributed by atoms with Crippen molar-refractivity contribution in [2.75, 3.05) is 6.54 Å². The van der Waals surface area contributed by atoms with Crippen LogP contribution in [0.25, 0.3) is 0 Å². The standard InChI is InChI=1S/C17H25N3/c1-13(2)18-11-17(9-15-10-19-20(4)12-15)16-7-5-6-14(3)8-16/h5-8,10,12-13,17-18H,9,11H2,1-4H3. The number of hydrogen-bond donors (Lipinski definition) is 1. The highest BCUT2D eigenvalue weighted by atomic mass is 15.2. The Morgan fingerprint density at radius 1 is 1.30 bits per heavy atom. The highest BCUT2D eigenvalue weighted by Crippen LogP contribution is 2.21. The molecule has 1 aromatic heterocycles. The lowest BCUT2D eigenvalue weighted by Crippen LogP contribution is -2.29. The summed E-state index contributed by atoms with van der Waals surface area (Å²) in [5.41, 5.74) is 4.02. The van der Waals surface area contributed by atoms with Gasteiger partial charge >= 0.3 is 0 Å². The van der Waals surface area contributed by atoms with Crippen molar-refractivity contribution in [1.82, 2.24) is 15.1 Å². The Morgan fingerprint density at radius 3 is 2.70 bits per heavy atom. The van der Waals surface area contributed by atoms with Crippen LogP contribution in [-0.4, -0.2) is 22.4 Å². The summed E-state index contributed by atoms with van der Waals surface area (Å²) in [7, 11) is 1.97. The van der Waals surface area contributed by atoms with Crippen LogP contribution < -0.4 is 5.32 Å². The van der Waals surface area contributed by atoms with E-state index in [0.717, 1.165) is 13.0 Å². The highest BCUT2D eigenvalue weighted by Gasteiger charge is 2.14. The van der Waals surface area contributed by atoms with E-state index in [2.05, 4.69) is 61.6 Å². The average Bonchev–Trinajstić information content (AvgIpc) is 2.80. The molecule has 20 heavy (non-hydrogen) atoms. The van der Waals surface area contributed by atoms with Gasteiger partial charge in [-0.1, -0.05) is 43.7 Å². The zero-order valence-corrected chi connectivity index (χ0v) is 12.9. The van der Waals surface area contributed by atoms with Gasteiger partial charge in [-0.3, -0.25) is 4.68 Å². The molecule has 0 aliphatic heterocycles. The van der Waals surface area contributed by atoms with Gasteiger partial charge in [-0.2, -0.15) is 5.10 Å². The van der Waals surface area contributed by atoms with E-state index in [4.69, 9.17) is 0 Å². The molecular formula is C17H25N3. The zero-order chi connectivity index (χ0) is 14.5. The average molecular weight is 271 g/mol. The first-order valence-corrected chi connectivity index (χ1v) is 7.32. The molecule has 0 aliphatic carbocycles. The van der Waals surface area contributed by atoms with E-state index in [1.165, 1.54) is 16.7 Å². The molecule has 0 amide bonds. The number of nitrogens with one attached hydrogen (secondary N) is 1. The molecule has 0 bridgehead atoms. The van der Waals surface area contributed by atoms with Crippen molar-refractivity contribution < 1.29 is 0 Å². The molecule has 0 saturated heterocycles. The Labute approximate surface area is 122 Å². The van der Waals surface area contributed by atoms with Gasteiger partial charge in [0.2, 0.25) is 0 Å². The normalized spacial score (nSPS) is 12.8. The Balaban J connectivity index is 2.15. The first kappa shape index (κ1) is 14.8. The molecule has 0 aliphatic rings. The molecule has 0 saturated carbocycles. The third-order valence-electron chi connectivity index (χ3n) is 3.53. The Bertz CT molecular complexity index is 543. The second-order valence-electron chi connectivity index (χ2n) is 5.90. The van der Waals surface area contributed by atoms with Crippen LogP contribution in [0.5, 0.6) is 0 Å². The minimum atomic E-state index is 0.487. The Kier molecular flexibility index (Phi) is 4.96. The second-order valence-corrected chi connectivity index (χ2v) is 5.90. The van der Waals surface area contributed by atoms with Gasteiger partial charge in [-0.05, 0) is 24.5 Å². The van der Waals surface area contributed by atoms with Crippen molar-refractivity contribution in [3.05, 3.63) is 53.3 Å². The van der Waals surface area contributed by atoms with Crippen molar-refractivity contribution in [2.45, 2.75) is 39.2 Å². The molecule has 0 fully saturated rings. The third kappa shape index (κ3) is 4.20. The van der Waals surface area contributed by atoms with Crippen molar-refractivity contribution in [3.8, 4) is 0 Å². The van der Waals surface area contributed by atoms with Crippen molar-refractivity contribution in [3.63, 3.8) is 0 Å². The fraction of sp³-hybridized carbons (Fsp3) is 0.471. The van der Waals surface area contributed by atoms with Crippen molar-refractivity contribution in [1.29, 1.82) is 0 Å². The largest absolute Gasteiger partial charge is 0.314 e. The minimum absolute atomic E-state index is 0.487. The molecular weight excluding hydrogens is 246 g/mol. The van der Waals surface area contributed by atoms with Crippen molar-refractivity contribution >= 4 is 0 Å². The Morgan fingerprint density at radius 2 is 2.10 bits per heavy atom. The maximum Gasteiger partial charge on any atom is 0.0521 e. The summed E-state index contributed by atoms with van der Waals surface area (Å²) in [4.78, 5) is 0. The predicted molar refractivity (Wildman–Crippen MR) is 84.0 cm³/mol. The summed E-state index contributed by atoms with van der Waals surface area (Å²) >= 11 is 0. The van der Waals surface area contributed by atoms with Crippen LogP contribution >= 0.6 is 0 Å². The van der Waals surface area contributed by atoms with Gasteiger partial charge in [0.05, 0.1) is 6.20 Å². The van der Waals surface area contributed by atoms with E-state index in [-0.39, 0.29) is 0 Å². The van der Waals surface area contributed by atoms with Gasteiger partial charge in [-0.25, -0.2) is 0 Å². The molecule has 1 unspecified atom stereocenters. The summed E-state index contributed by atoms with van der Waals surface area (Å²) in [6, 6.07) is 9.34. The molecule has 1 heterocycles. The number of hydrogen-bond acceptors (Lipinski definition) is 2. The van der Waals surface area contributed by atoms with E-state index in [0.29, 0.717) is 12.0 Å². The van der Waals surface area contributed by atoms with E-state index in [9.17, 15) is 0 Å². The molecule has 1 atom stereocenters. The van der Waals surface area contributed by atoms with Gasteiger partial charge in [-0.15, -0.1) is 0 Å². The molecule has 2 rings (SSSR count). The fourth-order valence-corrected chi connectivity index (χ4v) is 2.47. The fourth-order valence-electron chi connectivity index (χ4n) is 2.47. The van der Waals surface area contributed by atoms with Crippen LogP contribution in [0.3, 0.4) is 0 Å². The van der Waals surface area contributed by atoms with Crippen LogP contribution in [0.15, 0.2) is 36.7 Å². The first-order valence-electron chi connectivity index (χ1n) is 7.32. The second kappa shape index (κ2) is 6.71. The monoisotopic (exact) mass is 271 g/mol. The van der Waals surface area contributed by atoms with Crippen LogP contribution in [-0.2, 0) is 13.5 Å². The summed E-state index contributed by atoms with van der Waals surface area (Å²) < 4.78 is 1.87. The van der Waals surface area contributed by atoms with E-state index < -0.39 is 0 Å². The summed E-state index contributed by atoms with van der Waals surface area (Å²) in [6.45, 7) is 7.53. The SMILES string of the molecule is Cc1cccc(C(CNC(C)C)Cc2cnn(C)c2)c1. The van der Waals surface area contributed by atoms with Gasteiger partial charge in [0.15, 0.2) is 0 Å².